The van der Waals surface area contributed by atoms with Crippen LogP contribution in [0.4, 0.5) is 0 Å². The Bertz CT molecular complexity index is 615. The number of carbonyl (C=O) groups is 2. The molecular weight excluding hydrogens is 362 g/mol. The number of amides is 2. The van der Waals surface area contributed by atoms with E-state index >= 15 is 0 Å². The highest BCUT2D eigenvalue weighted by molar-refractivity contribution is 5.94. The van der Waals surface area contributed by atoms with Crippen LogP contribution in [0.15, 0.2) is 24.3 Å². The fourth-order valence-corrected chi connectivity index (χ4v) is 3.59. The van der Waals surface area contributed by atoms with Crippen LogP contribution in [-0.2, 0) is 11.3 Å². The van der Waals surface area contributed by atoms with Gasteiger partial charge in [-0.3, -0.25) is 9.59 Å². The zero-order chi connectivity index (χ0) is 19.0. The van der Waals surface area contributed by atoms with Crippen molar-refractivity contribution in [3.63, 3.8) is 0 Å². The molecule has 1 aromatic carbocycles. The van der Waals surface area contributed by atoms with Crippen LogP contribution in [0.2, 0.25) is 0 Å². The van der Waals surface area contributed by atoms with Crippen molar-refractivity contribution in [3.8, 4) is 0 Å². The lowest BCUT2D eigenvalue weighted by molar-refractivity contribution is -0.124. The molecule has 4 N–H and O–H groups in total. The molecule has 0 aliphatic heterocycles. The van der Waals surface area contributed by atoms with Gasteiger partial charge in [-0.05, 0) is 55.8 Å². The summed E-state index contributed by atoms with van der Waals surface area (Å²) in [7, 11) is 0. The molecule has 27 heavy (non-hydrogen) atoms. The van der Waals surface area contributed by atoms with Crippen LogP contribution in [0, 0.1) is 5.41 Å². The lowest BCUT2D eigenvalue weighted by Crippen LogP contribution is -2.38. The first kappa shape index (κ1) is 23.4. The zero-order valence-corrected chi connectivity index (χ0v) is 17.4. The summed E-state index contributed by atoms with van der Waals surface area (Å²) in [5.41, 5.74) is 7.50. The molecule has 5 nitrogen and oxygen atoms in total. The first-order valence-corrected chi connectivity index (χ1v) is 9.84. The quantitative estimate of drug-likeness (QED) is 0.629. The summed E-state index contributed by atoms with van der Waals surface area (Å²) < 4.78 is 0. The number of hydrogen-bond acceptors (Lipinski definition) is 3. The normalized spacial score (nSPS) is 16.7. The highest BCUT2D eigenvalue weighted by Crippen LogP contribution is 2.38. The van der Waals surface area contributed by atoms with E-state index in [-0.39, 0.29) is 35.7 Å². The van der Waals surface area contributed by atoms with E-state index in [2.05, 4.69) is 10.6 Å². The van der Waals surface area contributed by atoms with Gasteiger partial charge in [-0.25, -0.2) is 0 Å². The van der Waals surface area contributed by atoms with Gasteiger partial charge >= 0.3 is 0 Å². The highest BCUT2D eigenvalue weighted by atomic mass is 35.5. The van der Waals surface area contributed by atoms with Crippen LogP contribution in [0.1, 0.15) is 74.7 Å². The van der Waals surface area contributed by atoms with Gasteiger partial charge in [-0.2, -0.15) is 0 Å². The molecule has 2 rings (SSSR count). The van der Waals surface area contributed by atoms with Crippen molar-refractivity contribution >= 4 is 24.2 Å². The molecule has 0 aromatic heterocycles. The van der Waals surface area contributed by atoms with Gasteiger partial charge in [0.15, 0.2) is 0 Å². The number of carbonyl (C=O) groups excluding carboxylic acids is 2. The van der Waals surface area contributed by atoms with Crippen molar-refractivity contribution in [1.82, 2.24) is 10.6 Å². The average Bonchev–Trinajstić information content (AvgIpc) is 2.67. The number of benzene rings is 1. The lowest BCUT2D eigenvalue weighted by atomic mass is 9.71. The first-order valence-electron chi connectivity index (χ1n) is 9.84. The van der Waals surface area contributed by atoms with Crippen LogP contribution in [0.25, 0.3) is 0 Å². The molecule has 1 aliphatic rings. The van der Waals surface area contributed by atoms with Crippen LogP contribution >= 0.6 is 12.4 Å². The third-order valence-electron chi connectivity index (χ3n) is 5.55. The molecule has 2 amide bonds. The lowest BCUT2D eigenvalue weighted by Gasteiger charge is -2.35. The van der Waals surface area contributed by atoms with Crippen molar-refractivity contribution in [2.45, 2.75) is 71.4 Å². The van der Waals surface area contributed by atoms with Crippen molar-refractivity contribution in [2.24, 2.45) is 11.1 Å². The second kappa shape index (κ2) is 11.3. The Labute approximate surface area is 169 Å². The molecule has 1 aromatic rings. The molecule has 1 aliphatic carbocycles. The Morgan fingerprint density at radius 3 is 2.56 bits per heavy atom. The van der Waals surface area contributed by atoms with Gasteiger partial charge in [0, 0.05) is 24.6 Å². The zero-order valence-electron chi connectivity index (χ0n) is 16.6. The maximum atomic E-state index is 12.4. The second-order valence-electron chi connectivity index (χ2n) is 7.70. The molecule has 1 unspecified atom stereocenters. The van der Waals surface area contributed by atoms with E-state index in [0.29, 0.717) is 25.1 Å². The molecule has 0 spiro atoms. The van der Waals surface area contributed by atoms with Gasteiger partial charge in [0.1, 0.15) is 0 Å². The number of nitrogens with two attached hydrogens (primary N) is 1. The molecule has 1 fully saturated rings. The smallest absolute Gasteiger partial charge is 0.251 e. The first-order chi connectivity index (χ1) is 12.5. The van der Waals surface area contributed by atoms with Crippen molar-refractivity contribution in [3.05, 3.63) is 35.4 Å². The van der Waals surface area contributed by atoms with Crippen LogP contribution in [0.3, 0.4) is 0 Å². The van der Waals surface area contributed by atoms with E-state index in [1.54, 1.807) is 6.07 Å². The maximum Gasteiger partial charge on any atom is 0.251 e. The van der Waals surface area contributed by atoms with E-state index in [4.69, 9.17) is 5.73 Å². The van der Waals surface area contributed by atoms with Gasteiger partial charge in [-0.1, -0.05) is 38.3 Å². The summed E-state index contributed by atoms with van der Waals surface area (Å²) >= 11 is 0. The Hall–Kier alpha value is -1.59. The molecule has 0 bridgehead atoms. The Morgan fingerprint density at radius 1 is 1.22 bits per heavy atom. The molecule has 0 radical (unpaired) electrons. The van der Waals surface area contributed by atoms with Gasteiger partial charge < -0.3 is 16.4 Å². The number of nitrogens with one attached hydrogen (secondary N) is 2. The Kier molecular flexibility index (Phi) is 9.81. The third-order valence-corrected chi connectivity index (χ3v) is 5.55. The topological polar surface area (TPSA) is 84.2 Å². The average molecular weight is 396 g/mol. The van der Waals surface area contributed by atoms with E-state index < -0.39 is 0 Å². The van der Waals surface area contributed by atoms with Gasteiger partial charge in [0.25, 0.3) is 5.91 Å². The summed E-state index contributed by atoms with van der Waals surface area (Å²) in [5, 5.41) is 5.96. The van der Waals surface area contributed by atoms with Crippen molar-refractivity contribution in [1.29, 1.82) is 0 Å². The minimum Gasteiger partial charge on any atom is -0.352 e. The van der Waals surface area contributed by atoms with Crippen molar-refractivity contribution < 1.29 is 9.59 Å². The SMILES string of the molecule is CCC(C)NC(=O)c1cccc(CNC(=O)CC2(CN)CCCCC2)c1.Cl. The highest BCUT2D eigenvalue weighted by Gasteiger charge is 2.32. The third kappa shape index (κ3) is 7.15. The molecule has 6 heteroatoms. The van der Waals surface area contributed by atoms with Gasteiger partial charge in [0.2, 0.25) is 5.91 Å². The summed E-state index contributed by atoms with van der Waals surface area (Å²) in [5.74, 6) is -0.0244. The number of halogens is 1. The molecule has 1 saturated carbocycles. The van der Waals surface area contributed by atoms with E-state index in [0.717, 1.165) is 37.7 Å². The minimum absolute atomic E-state index is 0. The van der Waals surface area contributed by atoms with E-state index in [1.807, 2.05) is 32.0 Å². The number of hydrogen-bond donors (Lipinski definition) is 3. The molecule has 1 atom stereocenters. The van der Waals surface area contributed by atoms with E-state index in [1.165, 1.54) is 6.42 Å². The molecule has 0 saturated heterocycles. The Morgan fingerprint density at radius 2 is 1.93 bits per heavy atom. The van der Waals surface area contributed by atoms with Crippen LogP contribution in [-0.4, -0.2) is 24.4 Å². The monoisotopic (exact) mass is 395 g/mol. The van der Waals surface area contributed by atoms with Crippen LogP contribution in [0.5, 0.6) is 0 Å². The van der Waals surface area contributed by atoms with Gasteiger partial charge in [-0.15, -0.1) is 12.4 Å². The predicted octanol–water partition coefficient (Wildman–Crippen LogP) is 3.55. The molecule has 152 valence electrons. The molecular formula is C21H34ClN3O2. The minimum atomic E-state index is -0.0724. The summed E-state index contributed by atoms with van der Waals surface area (Å²) in [4.78, 5) is 24.6. The van der Waals surface area contributed by atoms with E-state index in [9.17, 15) is 9.59 Å². The summed E-state index contributed by atoms with van der Waals surface area (Å²) in [6, 6.07) is 7.58. The van der Waals surface area contributed by atoms with Crippen LogP contribution < -0.4 is 16.4 Å². The molecule has 0 heterocycles. The summed E-state index contributed by atoms with van der Waals surface area (Å²) in [6.07, 6.45) is 7.05. The Balaban J connectivity index is 0.00000364. The standard InChI is InChI=1S/C21H33N3O2.ClH/c1-3-16(2)24-20(26)18-9-7-8-17(12-18)14-23-19(25)13-21(15-22)10-5-4-6-11-21;/h7-9,12,16H,3-6,10-11,13-15,22H2,1-2H3,(H,23,25)(H,24,26);1H. The fourth-order valence-electron chi connectivity index (χ4n) is 3.59. The predicted molar refractivity (Wildman–Crippen MR) is 112 cm³/mol. The van der Waals surface area contributed by atoms with Gasteiger partial charge in [0.05, 0.1) is 0 Å². The summed E-state index contributed by atoms with van der Waals surface area (Å²) in [6.45, 7) is 5.04. The fraction of sp³-hybridized carbons (Fsp3) is 0.619. The van der Waals surface area contributed by atoms with Crippen molar-refractivity contribution in [2.75, 3.05) is 6.54 Å². The number of rotatable bonds is 8. The maximum absolute atomic E-state index is 12.4. The largest absolute Gasteiger partial charge is 0.352 e. The second-order valence-corrected chi connectivity index (χ2v) is 7.70.